The van der Waals surface area contributed by atoms with Gasteiger partial charge in [-0.3, -0.25) is 9.67 Å². The van der Waals surface area contributed by atoms with Crippen LogP contribution in [0.25, 0.3) is 11.0 Å². The van der Waals surface area contributed by atoms with E-state index in [4.69, 9.17) is 0 Å². The first-order valence-corrected chi connectivity index (χ1v) is 6.96. The summed E-state index contributed by atoms with van der Waals surface area (Å²) in [6.07, 6.45) is 4.04. The number of sulfone groups is 1. The van der Waals surface area contributed by atoms with E-state index in [1.54, 1.807) is 17.1 Å². The number of pyridine rings is 1. The first-order chi connectivity index (χ1) is 7.66. The highest BCUT2D eigenvalue weighted by Gasteiger charge is 2.30. The van der Waals surface area contributed by atoms with Crippen molar-refractivity contribution in [3.63, 3.8) is 0 Å². The topological polar surface area (TPSA) is 64.8 Å². The maximum absolute atomic E-state index is 11.4. The van der Waals surface area contributed by atoms with Crippen molar-refractivity contribution in [2.75, 3.05) is 11.5 Å². The number of fused-ring (bicyclic) bond motifs is 1. The molecule has 3 rings (SSSR count). The van der Waals surface area contributed by atoms with Gasteiger partial charge in [0.1, 0.15) is 5.52 Å². The molecule has 0 bridgehead atoms. The van der Waals surface area contributed by atoms with Gasteiger partial charge >= 0.3 is 0 Å². The Labute approximate surface area is 93.0 Å². The summed E-state index contributed by atoms with van der Waals surface area (Å²) in [5.74, 6) is 0.456. The van der Waals surface area contributed by atoms with Crippen LogP contribution in [0, 0.1) is 0 Å². The van der Waals surface area contributed by atoms with Gasteiger partial charge in [-0.15, -0.1) is 0 Å². The number of nitrogens with zero attached hydrogens (tertiary/aromatic N) is 3. The second-order valence-electron chi connectivity index (χ2n) is 4.05. The minimum absolute atomic E-state index is 0.0355. The van der Waals surface area contributed by atoms with Crippen LogP contribution in [0.1, 0.15) is 12.5 Å². The van der Waals surface area contributed by atoms with Crippen molar-refractivity contribution in [3.05, 3.63) is 24.5 Å². The molecule has 1 fully saturated rings. The van der Waals surface area contributed by atoms with E-state index in [0.717, 1.165) is 11.0 Å². The lowest BCUT2D eigenvalue weighted by Crippen LogP contribution is -2.12. The van der Waals surface area contributed by atoms with Crippen LogP contribution in [0.4, 0.5) is 0 Å². The van der Waals surface area contributed by atoms with Crippen molar-refractivity contribution >= 4 is 20.9 Å². The average molecular weight is 237 g/mol. The van der Waals surface area contributed by atoms with Gasteiger partial charge in [-0.2, -0.15) is 5.10 Å². The minimum Gasteiger partial charge on any atom is -0.259 e. The van der Waals surface area contributed by atoms with Crippen molar-refractivity contribution in [1.82, 2.24) is 14.8 Å². The van der Waals surface area contributed by atoms with Gasteiger partial charge in [0, 0.05) is 6.20 Å². The second-order valence-corrected chi connectivity index (χ2v) is 6.28. The van der Waals surface area contributed by atoms with Crippen LogP contribution in [0.2, 0.25) is 0 Å². The first kappa shape index (κ1) is 9.77. The van der Waals surface area contributed by atoms with Crippen molar-refractivity contribution in [3.8, 4) is 0 Å². The third-order valence-corrected chi connectivity index (χ3v) is 4.67. The van der Waals surface area contributed by atoms with E-state index in [9.17, 15) is 8.42 Å². The number of hydrogen-bond donors (Lipinski definition) is 0. The third-order valence-electron chi connectivity index (χ3n) is 2.92. The fourth-order valence-corrected chi connectivity index (χ4v) is 3.83. The zero-order valence-corrected chi connectivity index (χ0v) is 9.39. The summed E-state index contributed by atoms with van der Waals surface area (Å²) in [5, 5.41) is 4.23. The van der Waals surface area contributed by atoms with Gasteiger partial charge < -0.3 is 0 Å². The van der Waals surface area contributed by atoms with E-state index in [0.29, 0.717) is 6.42 Å². The molecule has 0 amide bonds. The maximum Gasteiger partial charge on any atom is 0.152 e. The molecule has 1 aliphatic heterocycles. The molecule has 0 spiro atoms. The normalized spacial score (nSPS) is 23.9. The van der Waals surface area contributed by atoms with Crippen molar-refractivity contribution in [2.45, 2.75) is 12.5 Å². The zero-order valence-electron chi connectivity index (χ0n) is 8.57. The SMILES string of the molecule is O=S1(=O)CCC(n2ncc3ncccc32)C1. The predicted molar refractivity (Wildman–Crippen MR) is 59.8 cm³/mol. The molecule has 6 heteroatoms. The third kappa shape index (κ3) is 1.49. The van der Waals surface area contributed by atoms with Gasteiger partial charge in [-0.25, -0.2) is 8.42 Å². The van der Waals surface area contributed by atoms with Crippen LogP contribution >= 0.6 is 0 Å². The first-order valence-electron chi connectivity index (χ1n) is 5.14. The summed E-state index contributed by atoms with van der Waals surface area (Å²) in [7, 11) is -2.87. The molecule has 0 radical (unpaired) electrons. The maximum atomic E-state index is 11.4. The van der Waals surface area contributed by atoms with Crippen LogP contribution in [0.5, 0.6) is 0 Å². The Hall–Kier alpha value is -1.43. The Morgan fingerprint density at radius 1 is 1.44 bits per heavy atom. The lowest BCUT2D eigenvalue weighted by atomic mass is 10.2. The van der Waals surface area contributed by atoms with Crippen molar-refractivity contribution in [2.24, 2.45) is 0 Å². The molecule has 1 saturated heterocycles. The molecule has 0 saturated carbocycles. The fraction of sp³-hybridized carbons (Fsp3) is 0.400. The van der Waals surface area contributed by atoms with Gasteiger partial charge in [0.05, 0.1) is 29.3 Å². The van der Waals surface area contributed by atoms with Crippen LogP contribution in [0.15, 0.2) is 24.5 Å². The summed E-state index contributed by atoms with van der Waals surface area (Å²) in [6, 6.07) is 3.72. The van der Waals surface area contributed by atoms with E-state index >= 15 is 0 Å². The van der Waals surface area contributed by atoms with Crippen molar-refractivity contribution in [1.29, 1.82) is 0 Å². The minimum atomic E-state index is -2.87. The van der Waals surface area contributed by atoms with E-state index < -0.39 is 9.84 Å². The number of aromatic nitrogens is 3. The molecule has 3 heterocycles. The molecular weight excluding hydrogens is 226 g/mol. The molecule has 5 nitrogen and oxygen atoms in total. The quantitative estimate of drug-likeness (QED) is 0.735. The summed E-state index contributed by atoms with van der Waals surface area (Å²) < 4.78 is 24.6. The largest absolute Gasteiger partial charge is 0.259 e. The molecule has 16 heavy (non-hydrogen) atoms. The monoisotopic (exact) mass is 237 g/mol. The van der Waals surface area contributed by atoms with Gasteiger partial charge in [-0.1, -0.05) is 0 Å². The molecule has 0 N–H and O–H groups in total. The molecule has 0 aliphatic carbocycles. The van der Waals surface area contributed by atoms with E-state index in [1.807, 2.05) is 12.1 Å². The fourth-order valence-electron chi connectivity index (χ4n) is 2.14. The molecule has 2 aromatic rings. The lowest BCUT2D eigenvalue weighted by molar-refractivity contribution is 0.515. The summed E-state index contributed by atoms with van der Waals surface area (Å²) in [4.78, 5) is 4.18. The van der Waals surface area contributed by atoms with E-state index in [1.165, 1.54) is 0 Å². The summed E-state index contributed by atoms with van der Waals surface area (Å²) >= 11 is 0. The highest BCUT2D eigenvalue weighted by atomic mass is 32.2. The predicted octanol–water partition coefficient (Wildman–Crippen LogP) is 0.791. The van der Waals surface area contributed by atoms with Crippen molar-refractivity contribution < 1.29 is 8.42 Å². The number of hydrogen-bond acceptors (Lipinski definition) is 4. The Balaban J connectivity index is 2.07. The van der Waals surface area contributed by atoms with Crippen LogP contribution in [-0.2, 0) is 9.84 Å². The molecule has 0 aromatic carbocycles. The highest BCUT2D eigenvalue weighted by Crippen LogP contribution is 2.25. The van der Waals surface area contributed by atoms with Gasteiger partial charge in [-0.05, 0) is 18.6 Å². The second kappa shape index (κ2) is 3.28. The van der Waals surface area contributed by atoms with E-state index in [2.05, 4.69) is 10.1 Å². The van der Waals surface area contributed by atoms with Gasteiger partial charge in [0.25, 0.3) is 0 Å². The summed E-state index contributed by atoms with van der Waals surface area (Å²) in [6.45, 7) is 0. The Morgan fingerprint density at radius 2 is 2.31 bits per heavy atom. The molecular formula is C10H11N3O2S. The summed E-state index contributed by atoms with van der Waals surface area (Å²) in [5.41, 5.74) is 1.72. The molecule has 1 aliphatic rings. The Kier molecular flexibility index (Phi) is 2.00. The molecule has 2 aromatic heterocycles. The van der Waals surface area contributed by atoms with Crippen LogP contribution in [-0.4, -0.2) is 34.7 Å². The highest BCUT2D eigenvalue weighted by molar-refractivity contribution is 7.91. The Bertz CT molecular complexity index is 632. The average Bonchev–Trinajstić information content (AvgIpc) is 2.81. The molecule has 84 valence electrons. The smallest absolute Gasteiger partial charge is 0.152 e. The van der Waals surface area contributed by atoms with Crippen LogP contribution < -0.4 is 0 Å². The lowest BCUT2D eigenvalue weighted by Gasteiger charge is -2.09. The standard InChI is InChI=1S/C10H11N3O2S/c14-16(15)5-3-8(7-16)13-10-2-1-4-11-9(10)6-12-13/h1-2,4,6,8H,3,5,7H2. The number of rotatable bonds is 1. The van der Waals surface area contributed by atoms with Gasteiger partial charge in [0.15, 0.2) is 9.84 Å². The van der Waals surface area contributed by atoms with Gasteiger partial charge in [0.2, 0.25) is 0 Å². The van der Waals surface area contributed by atoms with Crippen LogP contribution in [0.3, 0.4) is 0 Å². The van der Waals surface area contributed by atoms with E-state index in [-0.39, 0.29) is 17.5 Å². The Morgan fingerprint density at radius 3 is 3.06 bits per heavy atom. The zero-order chi connectivity index (χ0) is 11.2. The molecule has 1 unspecified atom stereocenters. The molecule has 1 atom stereocenters.